The van der Waals surface area contributed by atoms with E-state index in [2.05, 4.69) is 10.3 Å². The molecule has 0 atom stereocenters. The molecule has 24 heavy (non-hydrogen) atoms. The zero-order chi connectivity index (χ0) is 16.9. The normalized spacial score (nSPS) is 10.2. The van der Waals surface area contributed by atoms with Crippen LogP contribution in [-0.2, 0) is 4.74 Å². The summed E-state index contributed by atoms with van der Waals surface area (Å²) in [4.78, 5) is 28.5. The van der Waals surface area contributed by atoms with Crippen molar-refractivity contribution in [3.63, 3.8) is 0 Å². The number of thiazole rings is 1. The SMILES string of the molecule is COC(=O)c1ccccc1NC(=O)c1csc(-c2ccccc2)n1. The molecule has 5 nitrogen and oxygen atoms in total. The summed E-state index contributed by atoms with van der Waals surface area (Å²) in [7, 11) is 1.30. The summed E-state index contributed by atoms with van der Waals surface area (Å²) in [5.41, 5.74) is 1.95. The molecule has 1 heterocycles. The van der Waals surface area contributed by atoms with Crippen molar-refractivity contribution in [2.24, 2.45) is 0 Å². The lowest BCUT2D eigenvalue weighted by Crippen LogP contribution is -2.15. The van der Waals surface area contributed by atoms with Crippen LogP contribution < -0.4 is 5.32 Å². The Hall–Kier alpha value is -2.99. The number of amides is 1. The summed E-state index contributed by atoms with van der Waals surface area (Å²) in [5.74, 6) is -0.876. The van der Waals surface area contributed by atoms with Crippen molar-refractivity contribution in [2.45, 2.75) is 0 Å². The number of benzene rings is 2. The van der Waals surface area contributed by atoms with Crippen LogP contribution in [0.2, 0.25) is 0 Å². The van der Waals surface area contributed by atoms with Gasteiger partial charge in [-0.1, -0.05) is 42.5 Å². The Balaban J connectivity index is 1.82. The van der Waals surface area contributed by atoms with E-state index in [1.807, 2.05) is 30.3 Å². The summed E-state index contributed by atoms with van der Waals surface area (Å²) in [6, 6.07) is 16.3. The van der Waals surface area contributed by atoms with E-state index in [-0.39, 0.29) is 5.91 Å². The van der Waals surface area contributed by atoms with E-state index in [1.165, 1.54) is 18.4 Å². The molecular formula is C18H14N2O3S. The van der Waals surface area contributed by atoms with Gasteiger partial charge < -0.3 is 10.1 Å². The second-order valence-electron chi connectivity index (χ2n) is 4.90. The lowest BCUT2D eigenvalue weighted by Gasteiger charge is -2.08. The predicted octanol–water partition coefficient (Wildman–Crippen LogP) is 3.85. The van der Waals surface area contributed by atoms with E-state index in [1.54, 1.807) is 29.6 Å². The molecule has 120 valence electrons. The van der Waals surface area contributed by atoms with Crippen LogP contribution in [0, 0.1) is 0 Å². The highest BCUT2D eigenvalue weighted by molar-refractivity contribution is 7.13. The molecule has 0 aliphatic heterocycles. The van der Waals surface area contributed by atoms with Gasteiger partial charge in [-0.15, -0.1) is 11.3 Å². The summed E-state index contributed by atoms with van der Waals surface area (Å²) in [6.45, 7) is 0. The van der Waals surface area contributed by atoms with Gasteiger partial charge >= 0.3 is 5.97 Å². The van der Waals surface area contributed by atoms with E-state index < -0.39 is 5.97 Å². The summed E-state index contributed by atoms with van der Waals surface area (Å²) >= 11 is 1.39. The first-order chi connectivity index (χ1) is 11.7. The van der Waals surface area contributed by atoms with Gasteiger partial charge in [-0.25, -0.2) is 9.78 Å². The number of carbonyl (C=O) groups excluding carboxylic acids is 2. The Morgan fingerprint density at radius 1 is 1.04 bits per heavy atom. The maximum Gasteiger partial charge on any atom is 0.339 e. The highest BCUT2D eigenvalue weighted by Gasteiger charge is 2.16. The third-order valence-electron chi connectivity index (χ3n) is 3.34. The number of nitrogens with one attached hydrogen (secondary N) is 1. The van der Waals surface area contributed by atoms with Crippen LogP contribution in [0.4, 0.5) is 5.69 Å². The Morgan fingerprint density at radius 3 is 2.50 bits per heavy atom. The molecule has 0 aliphatic rings. The van der Waals surface area contributed by atoms with Gasteiger partial charge in [0.1, 0.15) is 10.7 Å². The summed E-state index contributed by atoms with van der Waals surface area (Å²) < 4.78 is 4.72. The third kappa shape index (κ3) is 3.33. The van der Waals surface area contributed by atoms with Crippen molar-refractivity contribution in [3.05, 3.63) is 71.2 Å². The zero-order valence-electron chi connectivity index (χ0n) is 12.9. The van der Waals surface area contributed by atoms with Crippen LogP contribution in [0.1, 0.15) is 20.8 Å². The minimum Gasteiger partial charge on any atom is -0.465 e. The number of carbonyl (C=O) groups is 2. The molecule has 3 rings (SSSR count). The van der Waals surface area contributed by atoms with E-state index in [0.29, 0.717) is 16.9 Å². The average Bonchev–Trinajstić information content (AvgIpc) is 3.12. The number of hydrogen-bond donors (Lipinski definition) is 1. The van der Waals surface area contributed by atoms with Crippen LogP contribution in [0.15, 0.2) is 60.0 Å². The highest BCUT2D eigenvalue weighted by atomic mass is 32.1. The molecule has 1 amide bonds. The first-order valence-corrected chi connectivity index (χ1v) is 8.06. The standard InChI is InChI=1S/C18H14N2O3S/c1-23-18(22)13-9-5-6-10-14(13)19-16(21)15-11-24-17(20-15)12-7-3-2-4-8-12/h2-11H,1H3,(H,19,21). The van der Waals surface area contributed by atoms with E-state index in [4.69, 9.17) is 4.74 Å². The molecule has 3 aromatic rings. The topological polar surface area (TPSA) is 68.3 Å². The van der Waals surface area contributed by atoms with Crippen LogP contribution in [0.25, 0.3) is 10.6 Å². The second kappa shape index (κ2) is 7.06. The van der Waals surface area contributed by atoms with Gasteiger partial charge in [0, 0.05) is 10.9 Å². The van der Waals surface area contributed by atoms with Gasteiger partial charge in [-0.3, -0.25) is 4.79 Å². The van der Waals surface area contributed by atoms with Gasteiger partial charge in [-0.2, -0.15) is 0 Å². The number of para-hydroxylation sites is 1. The van der Waals surface area contributed by atoms with Gasteiger partial charge in [0.2, 0.25) is 0 Å². The lowest BCUT2D eigenvalue weighted by atomic mass is 10.2. The second-order valence-corrected chi connectivity index (χ2v) is 5.75. The van der Waals surface area contributed by atoms with Crippen molar-refractivity contribution in [1.29, 1.82) is 0 Å². The highest BCUT2D eigenvalue weighted by Crippen LogP contribution is 2.24. The zero-order valence-corrected chi connectivity index (χ0v) is 13.7. The number of anilines is 1. The number of ether oxygens (including phenoxy) is 1. The molecular weight excluding hydrogens is 324 g/mol. The summed E-state index contributed by atoms with van der Waals surface area (Å²) in [5, 5.41) is 5.17. The molecule has 0 fully saturated rings. The van der Waals surface area contributed by atoms with Gasteiger partial charge in [0.25, 0.3) is 5.91 Å². The molecule has 0 unspecified atom stereocenters. The fourth-order valence-corrected chi connectivity index (χ4v) is 2.96. The maximum atomic E-state index is 12.4. The van der Waals surface area contributed by atoms with Gasteiger partial charge in [0.15, 0.2) is 0 Å². The van der Waals surface area contributed by atoms with E-state index >= 15 is 0 Å². The number of esters is 1. The number of rotatable bonds is 4. The largest absolute Gasteiger partial charge is 0.465 e. The molecule has 6 heteroatoms. The molecule has 0 saturated heterocycles. The third-order valence-corrected chi connectivity index (χ3v) is 4.23. The average molecular weight is 338 g/mol. The van der Waals surface area contributed by atoms with Crippen molar-refractivity contribution in [3.8, 4) is 10.6 Å². The minimum atomic E-state index is -0.505. The fourth-order valence-electron chi connectivity index (χ4n) is 2.16. The summed E-state index contributed by atoms with van der Waals surface area (Å²) in [6.07, 6.45) is 0. The van der Waals surface area contributed by atoms with Crippen LogP contribution in [0.5, 0.6) is 0 Å². The molecule has 0 bridgehead atoms. The molecule has 0 radical (unpaired) electrons. The minimum absolute atomic E-state index is 0.298. The first-order valence-electron chi connectivity index (χ1n) is 7.18. The first kappa shape index (κ1) is 15.9. The van der Waals surface area contributed by atoms with Crippen LogP contribution in [-0.4, -0.2) is 24.0 Å². The molecule has 2 aromatic carbocycles. The van der Waals surface area contributed by atoms with Crippen molar-refractivity contribution in [2.75, 3.05) is 12.4 Å². The number of hydrogen-bond acceptors (Lipinski definition) is 5. The molecule has 0 saturated carbocycles. The molecule has 1 N–H and O–H groups in total. The van der Waals surface area contributed by atoms with Crippen molar-refractivity contribution < 1.29 is 14.3 Å². The monoisotopic (exact) mass is 338 g/mol. The Labute approximate surface area is 142 Å². The van der Waals surface area contributed by atoms with Crippen molar-refractivity contribution >= 4 is 28.9 Å². The quantitative estimate of drug-likeness (QED) is 0.734. The number of aromatic nitrogens is 1. The predicted molar refractivity (Wildman–Crippen MR) is 93.3 cm³/mol. The van der Waals surface area contributed by atoms with Gasteiger partial charge in [0.05, 0.1) is 18.4 Å². The van der Waals surface area contributed by atoms with E-state index in [0.717, 1.165) is 10.6 Å². The molecule has 1 aromatic heterocycles. The van der Waals surface area contributed by atoms with Crippen LogP contribution >= 0.6 is 11.3 Å². The van der Waals surface area contributed by atoms with Crippen LogP contribution in [0.3, 0.4) is 0 Å². The Bertz CT molecular complexity index is 875. The van der Waals surface area contributed by atoms with Crippen molar-refractivity contribution in [1.82, 2.24) is 4.98 Å². The lowest BCUT2D eigenvalue weighted by molar-refractivity contribution is 0.0602. The number of methoxy groups -OCH3 is 1. The maximum absolute atomic E-state index is 12.4. The molecule has 0 spiro atoms. The fraction of sp³-hybridized carbons (Fsp3) is 0.0556. The number of nitrogens with zero attached hydrogens (tertiary/aromatic N) is 1. The van der Waals surface area contributed by atoms with Gasteiger partial charge in [-0.05, 0) is 12.1 Å². The Kier molecular flexibility index (Phi) is 4.67. The molecule has 0 aliphatic carbocycles. The Morgan fingerprint density at radius 2 is 1.75 bits per heavy atom. The smallest absolute Gasteiger partial charge is 0.339 e. The van der Waals surface area contributed by atoms with E-state index in [9.17, 15) is 9.59 Å².